The highest BCUT2D eigenvalue weighted by Gasteiger charge is 2.05. The molecular weight excluding hydrogens is 266 g/mol. The molecule has 0 spiro atoms. The summed E-state index contributed by atoms with van der Waals surface area (Å²) < 4.78 is 5.54. The van der Waals surface area contributed by atoms with Crippen LogP contribution in [-0.2, 0) is 4.79 Å². The lowest BCUT2D eigenvalue weighted by atomic mass is 10.2. The number of phenols is 1. The molecule has 0 aliphatic heterocycles. The first-order valence-corrected chi connectivity index (χ1v) is 6.83. The highest BCUT2D eigenvalue weighted by Crippen LogP contribution is 2.20. The minimum atomic E-state index is -0.118. The van der Waals surface area contributed by atoms with Crippen molar-refractivity contribution < 1.29 is 14.6 Å². The number of rotatable bonds is 5. The van der Waals surface area contributed by atoms with Crippen molar-refractivity contribution in [3.8, 4) is 11.5 Å². The number of amides is 1. The molecule has 2 aromatic carbocycles. The van der Waals surface area contributed by atoms with Crippen LogP contribution in [0.3, 0.4) is 0 Å². The van der Waals surface area contributed by atoms with Gasteiger partial charge in [0.15, 0.2) is 0 Å². The van der Waals surface area contributed by atoms with Gasteiger partial charge in [-0.2, -0.15) is 0 Å². The van der Waals surface area contributed by atoms with Crippen LogP contribution in [0.5, 0.6) is 11.5 Å². The number of carbonyl (C=O) groups is 1. The molecule has 0 heterocycles. The van der Waals surface area contributed by atoms with E-state index in [9.17, 15) is 9.90 Å². The molecule has 0 fully saturated rings. The maximum Gasteiger partial charge on any atom is 0.227 e. The summed E-state index contributed by atoms with van der Waals surface area (Å²) in [5.74, 6) is 0.867. The molecule has 0 saturated carbocycles. The summed E-state index contributed by atoms with van der Waals surface area (Å²) in [6.07, 6.45) is 0.272. The average Bonchev–Trinajstić information content (AvgIpc) is 2.43. The summed E-state index contributed by atoms with van der Waals surface area (Å²) in [5, 5.41) is 12.2. The van der Waals surface area contributed by atoms with Gasteiger partial charge in [-0.3, -0.25) is 4.79 Å². The summed E-state index contributed by atoms with van der Waals surface area (Å²) in [5.41, 5.74) is 2.52. The maximum atomic E-state index is 11.8. The SMILES string of the molecule is Cc1cccc(OCCC(=O)Nc2ccc(O)c(C)c2)c1. The minimum absolute atomic E-state index is 0.118. The van der Waals surface area contributed by atoms with E-state index >= 15 is 0 Å². The van der Waals surface area contributed by atoms with Crippen molar-refractivity contribution in [2.24, 2.45) is 0 Å². The highest BCUT2D eigenvalue weighted by molar-refractivity contribution is 5.90. The molecule has 0 saturated heterocycles. The lowest BCUT2D eigenvalue weighted by Crippen LogP contribution is -2.15. The molecule has 0 aliphatic rings. The molecule has 2 aromatic rings. The van der Waals surface area contributed by atoms with Gasteiger partial charge < -0.3 is 15.2 Å². The number of hydrogen-bond donors (Lipinski definition) is 2. The van der Waals surface area contributed by atoms with Crippen LogP contribution in [0.25, 0.3) is 0 Å². The monoisotopic (exact) mass is 285 g/mol. The summed E-state index contributed by atoms with van der Waals surface area (Å²) >= 11 is 0. The van der Waals surface area contributed by atoms with Gasteiger partial charge in [-0.05, 0) is 55.3 Å². The quantitative estimate of drug-likeness (QED) is 0.828. The molecule has 0 aliphatic carbocycles. The van der Waals surface area contributed by atoms with Crippen LogP contribution in [0.4, 0.5) is 5.69 Å². The first kappa shape index (κ1) is 14.9. The third kappa shape index (κ3) is 4.53. The van der Waals surface area contributed by atoms with E-state index in [4.69, 9.17) is 4.74 Å². The number of aromatic hydroxyl groups is 1. The molecule has 4 heteroatoms. The van der Waals surface area contributed by atoms with Gasteiger partial charge in [0.2, 0.25) is 5.91 Å². The zero-order chi connectivity index (χ0) is 15.2. The Morgan fingerprint density at radius 2 is 2.00 bits per heavy atom. The number of hydrogen-bond acceptors (Lipinski definition) is 3. The Morgan fingerprint density at radius 1 is 1.19 bits per heavy atom. The van der Waals surface area contributed by atoms with E-state index in [0.717, 1.165) is 16.9 Å². The third-order valence-corrected chi connectivity index (χ3v) is 3.07. The fraction of sp³-hybridized carbons (Fsp3) is 0.235. The molecule has 0 unspecified atom stereocenters. The van der Waals surface area contributed by atoms with E-state index in [1.54, 1.807) is 25.1 Å². The van der Waals surface area contributed by atoms with Crippen molar-refractivity contribution in [3.05, 3.63) is 53.6 Å². The number of aryl methyl sites for hydroxylation is 2. The second-order valence-electron chi connectivity index (χ2n) is 4.96. The average molecular weight is 285 g/mol. The van der Waals surface area contributed by atoms with Gasteiger partial charge in [0.05, 0.1) is 13.0 Å². The molecule has 2 rings (SSSR count). The van der Waals surface area contributed by atoms with Crippen LogP contribution in [0.1, 0.15) is 17.5 Å². The zero-order valence-electron chi connectivity index (χ0n) is 12.2. The lowest BCUT2D eigenvalue weighted by molar-refractivity contribution is -0.116. The van der Waals surface area contributed by atoms with Crippen molar-refractivity contribution in [2.45, 2.75) is 20.3 Å². The number of benzene rings is 2. The molecule has 0 bridgehead atoms. The first-order chi connectivity index (χ1) is 10.0. The van der Waals surface area contributed by atoms with Crippen LogP contribution in [0, 0.1) is 13.8 Å². The Bertz CT molecular complexity index is 638. The van der Waals surface area contributed by atoms with Crippen LogP contribution in [0.15, 0.2) is 42.5 Å². The maximum absolute atomic E-state index is 11.8. The van der Waals surface area contributed by atoms with Gasteiger partial charge >= 0.3 is 0 Å². The number of anilines is 1. The van der Waals surface area contributed by atoms with Gasteiger partial charge in [0.25, 0.3) is 0 Å². The Balaban J connectivity index is 1.81. The molecule has 2 N–H and O–H groups in total. The standard InChI is InChI=1S/C17H19NO3/c1-12-4-3-5-15(10-12)21-9-8-17(20)18-14-6-7-16(19)13(2)11-14/h3-7,10-11,19H,8-9H2,1-2H3,(H,18,20). The minimum Gasteiger partial charge on any atom is -0.508 e. The van der Waals surface area contributed by atoms with Gasteiger partial charge in [-0.1, -0.05) is 12.1 Å². The normalized spacial score (nSPS) is 10.2. The third-order valence-electron chi connectivity index (χ3n) is 3.07. The second-order valence-corrected chi connectivity index (χ2v) is 4.96. The topological polar surface area (TPSA) is 58.6 Å². The first-order valence-electron chi connectivity index (χ1n) is 6.83. The number of nitrogens with one attached hydrogen (secondary N) is 1. The summed E-state index contributed by atoms with van der Waals surface area (Å²) in [6, 6.07) is 12.7. The molecular formula is C17H19NO3. The Labute approximate surface area is 124 Å². The van der Waals surface area contributed by atoms with Crippen molar-refractivity contribution in [1.29, 1.82) is 0 Å². The van der Waals surface area contributed by atoms with Gasteiger partial charge in [0.1, 0.15) is 11.5 Å². The molecule has 21 heavy (non-hydrogen) atoms. The predicted octanol–water partition coefficient (Wildman–Crippen LogP) is 3.42. The Hall–Kier alpha value is -2.49. The highest BCUT2D eigenvalue weighted by atomic mass is 16.5. The van der Waals surface area contributed by atoms with E-state index in [-0.39, 0.29) is 18.1 Å². The zero-order valence-corrected chi connectivity index (χ0v) is 12.2. The van der Waals surface area contributed by atoms with E-state index in [2.05, 4.69) is 5.32 Å². The van der Waals surface area contributed by atoms with Crippen LogP contribution >= 0.6 is 0 Å². The lowest BCUT2D eigenvalue weighted by Gasteiger charge is -2.09. The van der Waals surface area contributed by atoms with E-state index in [0.29, 0.717) is 12.3 Å². The largest absolute Gasteiger partial charge is 0.508 e. The van der Waals surface area contributed by atoms with E-state index in [1.165, 1.54) is 0 Å². The summed E-state index contributed by atoms with van der Waals surface area (Å²) in [6.45, 7) is 4.10. The van der Waals surface area contributed by atoms with Gasteiger partial charge in [-0.15, -0.1) is 0 Å². The summed E-state index contributed by atoms with van der Waals surface area (Å²) in [4.78, 5) is 11.8. The van der Waals surface area contributed by atoms with Crippen LogP contribution in [-0.4, -0.2) is 17.6 Å². The smallest absolute Gasteiger partial charge is 0.227 e. The predicted molar refractivity (Wildman–Crippen MR) is 82.8 cm³/mol. The Kier molecular flexibility index (Phi) is 4.82. The molecule has 0 atom stereocenters. The number of ether oxygens (including phenoxy) is 1. The van der Waals surface area contributed by atoms with Gasteiger partial charge in [-0.25, -0.2) is 0 Å². The van der Waals surface area contributed by atoms with Crippen molar-refractivity contribution in [2.75, 3.05) is 11.9 Å². The van der Waals surface area contributed by atoms with Crippen LogP contribution < -0.4 is 10.1 Å². The number of carbonyl (C=O) groups excluding carboxylic acids is 1. The fourth-order valence-electron chi connectivity index (χ4n) is 1.92. The van der Waals surface area contributed by atoms with E-state index < -0.39 is 0 Å². The van der Waals surface area contributed by atoms with E-state index in [1.807, 2.05) is 31.2 Å². The molecule has 1 amide bonds. The van der Waals surface area contributed by atoms with Crippen molar-refractivity contribution in [1.82, 2.24) is 0 Å². The molecule has 110 valence electrons. The molecule has 0 radical (unpaired) electrons. The molecule has 4 nitrogen and oxygen atoms in total. The van der Waals surface area contributed by atoms with Gasteiger partial charge in [0, 0.05) is 5.69 Å². The van der Waals surface area contributed by atoms with Crippen LogP contribution in [0.2, 0.25) is 0 Å². The van der Waals surface area contributed by atoms with Crippen molar-refractivity contribution in [3.63, 3.8) is 0 Å². The number of phenolic OH excluding ortho intramolecular Hbond substituents is 1. The summed E-state index contributed by atoms with van der Waals surface area (Å²) in [7, 11) is 0. The molecule has 0 aromatic heterocycles. The fourth-order valence-corrected chi connectivity index (χ4v) is 1.92. The Morgan fingerprint density at radius 3 is 2.71 bits per heavy atom. The second kappa shape index (κ2) is 6.79. The van der Waals surface area contributed by atoms with Crippen molar-refractivity contribution >= 4 is 11.6 Å².